The highest BCUT2D eigenvalue weighted by Crippen LogP contribution is 2.53. The highest BCUT2D eigenvalue weighted by atomic mass is 19.1. The lowest BCUT2D eigenvalue weighted by atomic mass is 9.75. The van der Waals surface area contributed by atoms with Crippen molar-refractivity contribution in [2.45, 2.75) is 50.4 Å². The molecule has 1 unspecified atom stereocenters. The number of nitrogens with one attached hydrogen (secondary N) is 1. The number of carbonyl (C=O) groups excluding carboxylic acids is 1. The number of aromatic nitrogens is 4. The molecule has 32 heavy (non-hydrogen) atoms. The summed E-state index contributed by atoms with van der Waals surface area (Å²) >= 11 is 0. The van der Waals surface area contributed by atoms with E-state index in [9.17, 15) is 19.4 Å². The Morgan fingerprint density at radius 1 is 1.41 bits per heavy atom. The summed E-state index contributed by atoms with van der Waals surface area (Å²) < 4.78 is 16.7. The minimum absolute atomic E-state index is 0.00968. The summed E-state index contributed by atoms with van der Waals surface area (Å²) in [6, 6.07) is 4.66. The van der Waals surface area contributed by atoms with Crippen molar-refractivity contribution >= 4 is 5.91 Å². The summed E-state index contributed by atoms with van der Waals surface area (Å²) in [4.78, 5) is 16.8. The molecule has 8 nitrogen and oxygen atoms in total. The number of primary amides is 1. The van der Waals surface area contributed by atoms with Gasteiger partial charge in [0.2, 0.25) is 0 Å². The van der Waals surface area contributed by atoms with Crippen molar-refractivity contribution in [3.63, 3.8) is 0 Å². The Balaban J connectivity index is 1.75. The minimum Gasteiger partial charge on any atom is -0.380 e. The number of nitrogens with two attached hydrogens (primary N) is 1. The summed E-state index contributed by atoms with van der Waals surface area (Å²) in [5, 5.41) is 27.6. The lowest BCUT2D eigenvalue weighted by Gasteiger charge is -2.36. The predicted molar refractivity (Wildman–Crippen MR) is 113 cm³/mol. The summed E-state index contributed by atoms with van der Waals surface area (Å²) in [5.74, 6) is 4.68. The van der Waals surface area contributed by atoms with Crippen LogP contribution in [0.15, 0.2) is 24.4 Å². The molecule has 0 radical (unpaired) electrons. The van der Waals surface area contributed by atoms with E-state index in [4.69, 9.17) is 5.73 Å². The number of aromatic amines is 1. The topological polar surface area (TPSA) is 130 Å². The van der Waals surface area contributed by atoms with Gasteiger partial charge in [0.05, 0.1) is 17.0 Å². The van der Waals surface area contributed by atoms with Gasteiger partial charge in [-0.3, -0.25) is 9.89 Å². The third-order valence-electron chi connectivity index (χ3n) is 6.06. The molecule has 1 fully saturated rings. The third kappa shape index (κ3) is 3.20. The zero-order valence-corrected chi connectivity index (χ0v) is 17.6. The van der Waals surface area contributed by atoms with Crippen LogP contribution in [-0.2, 0) is 0 Å². The monoisotopic (exact) mass is 435 g/mol. The van der Waals surface area contributed by atoms with E-state index >= 15 is 0 Å². The van der Waals surface area contributed by atoms with E-state index in [1.165, 1.54) is 26.1 Å². The van der Waals surface area contributed by atoms with Gasteiger partial charge >= 0.3 is 0 Å². The Morgan fingerprint density at radius 2 is 2.16 bits per heavy atom. The maximum Gasteiger partial charge on any atom is 0.269 e. The Kier molecular flexibility index (Phi) is 4.48. The number of aliphatic hydroxyl groups is 2. The van der Waals surface area contributed by atoms with Crippen molar-refractivity contribution in [2.75, 3.05) is 0 Å². The molecule has 1 amide bonds. The third-order valence-corrected chi connectivity index (χ3v) is 6.06. The number of H-pyrrole nitrogens is 1. The number of halogens is 1. The maximum atomic E-state index is 14.8. The van der Waals surface area contributed by atoms with E-state index < -0.39 is 23.4 Å². The van der Waals surface area contributed by atoms with Crippen molar-refractivity contribution in [3.05, 3.63) is 58.4 Å². The zero-order valence-electron chi connectivity index (χ0n) is 17.6. The molecule has 2 aliphatic heterocycles. The SMILES string of the molecule is CC(C)(O)C#Cc1cc2c(cc1F)C1CC(C1)n1c-2nc(C(N)=O)c1C(O)c1ccn[nH]1. The average Bonchev–Trinajstić information content (AvgIpc) is 3.30. The van der Waals surface area contributed by atoms with Crippen LogP contribution in [0.1, 0.15) is 77.8 Å². The van der Waals surface area contributed by atoms with Crippen LogP contribution in [0.2, 0.25) is 0 Å². The molecule has 2 bridgehead atoms. The van der Waals surface area contributed by atoms with Crippen molar-refractivity contribution < 1.29 is 19.4 Å². The molecule has 0 saturated heterocycles. The van der Waals surface area contributed by atoms with Gasteiger partial charge in [-0.1, -0.05) is 11.8 Å². The normalized spacial score (nSPS) is 19.7. The number of benzene rings is 1. The molecule has 2 aromatic heterocycles. The first-order valence-electron chi connectivity index (χ1n) is 10.3. The number of imidazole rings is 1. The van der Waals surface area contributed by atoms with Crippen LogP contribution in [0.4, 0.5) is 4.39 Å². The molecule has 0 spiro atoms. The fourth-order valence-corrected chi connectivity index (χ4v) is 4.50. The van der Waals surface area contributed by atoms with Crippen LogP contribution in [0.5, 0.6) is 0 Å². The Labute approximate surface area is 183 Å². The smallest absolute Gasteiger partial charge is 0.269 e. The second kappa shape index (κ2) is 7.02. The van der Waals surface area contributed by atoms with Gasteiger partial charge in [0.15, 0.2) is 5.69 Å². The Bertz CT molecular complexity index is 1290. The highest BCUT2D eigenvalue weighted by Gasteiger charge is 2.43. The van der Waals surface area contributed by atoms with Crippen LogP contribution in [0, 0.1) is 17.7 Å². The van der Waals surface area contributed by atoms with Gasteiger partial charge < -0.3 is 20.5 Å². The van der Waals surface area contributed by atoms with Crippen molar-refractivity contribution in [1.82, 2.24) is 19.7 Å². The fourth-order valence-electron chi connectivity index (χ4n) is 4.50. The molecule has 4 heterocycles. The van der Waals surface area contributed by atoms with E-state index in [1.807, 2.05) is 4.57 Å². The van der Waals surface area contributed by atoms with Crippen LogP contribution < -0.4 is 5.73 Å². The summed E-state index contributed by atoms with van der Waals surface area (Å²) in [6.45, 7) is 3.04. The quantitative estimate of drug-likeness (QED) is 0.469. The largest absolute Gasteiger partial charge is 0.380 e. The van der Waals surface area contributed by atoms with Gasteiger partial charge in [0.25, 0.3) is 5.91 Å². The van der Waals surface area contributed by atoms with Crippen molar-refractivity contribution in [1.29, 1.82) is 0 Å². The summed E-state index contributed by atoms with van der Waals surface area (Å²) in [6.07, 6.45) is 1.78. The van der Waals surface area contributed by atoms with Gasteiger partial charge in [0.1, 0.15) is 23.3 Å². The second-order valence-corrected chi connectivity index (χ2v) is 8.87. The first kappa shape index (κ1) is 20.4. The Morgan fingerprint density at radius 3 is 2.78 bits per heavy atom. The van der Waals surface area contributed by atoms with Gasteiger partial charge in [-0.2, -0.15) is 5.10 Å². The highest BCUT2D eigenvalue weighted by molar-refractivity contribution is 5.93. The number of rotatable bonds is 3. The molecule has 5 N–H and O–H groups in total. The predicted octanol–water partition coefficient (Wildman–Crippen LogP) is 2.15. The number of hydrogen-bond acceptors (Lipinski definition) is 5. The van der Waals surface area contributed by atoms with Crippen molar-refractivity contribution in [2.24, 2.45) is 5.73 Å². The molecule has 1 atom stereocenters. The number of nitrogens with zero attached hydrogens (tertiary/aromatic N) is 3. The van der Waals surface area contributed by atoms with Crippen molar-refractivity contribution in [3.8, 4) is 23.2 Å². The number of aliphatic hydroxyl groups excluding tert-OH is 1. The lowest BCUT2D eigenvalue weighted by Crippen LogP contribution is -2.27. The molecule has 6 rings (SSSR count). The van der Waals surface area contributed by atoms with Gasteiger partial charge in [-0.05, 0) is 56.4 Å². The van der Waals surface area contributed by atoms with E-state index in [-0.39, 0.29) is 23.2 Å². The molecule has 9 heteroatoms. The Hall–Kier alpha value is -3.48. The van der Waals surface area contributed by atoms with Crippen LogP contribution in [0.3, 0.4) is 0 Å². The minimum atomic E-state index is -1.28. The van der Waals surface area contributed by atoms with E-state index in [0.29, 0.717) is 22.8 Å². The van der Waals surface area contributed by atoms with Gasteiger partial charge in [-0.25, -0.2) is 9.37 Å². The first-order chi connectivity index (χ1) is 15.1. The lowest BCUT2D eigenvalue weighted by molar-refractivity contribution is 0.0988. The molecule has 3 aliphatic rings. The number of hydrogen-bond donors (Lipinski definition) is 4. The molecule has 1 aromatic carbocycles. The average molecular weight is 435 g/mol. The second-order valence-electron chi connectivity index (χ2n) is 8.87. The molecular weight excluding hydrogens is 413 g/mol. The molecular formula is C23H22FN5O3. The summed E-state index contributed by atoms with van der Waals surface area (Å²) in [5.41, 5.74) is 6.56. The molecule has 1 aliphatic carbocycles. The van der Waals surface area contributed by atoms with Crippen LogP contribution in [0.25, 0.3) is 11.4 Å². The molecule has 164 valence electrons. The fraction of sp³-hybridized carbons (Fsp3) is 0.348. The van der Waals surface area contributed by atoms with Gasteiger partial charge in [-0.15, -0.1) is 0 Å². The van der Waals surface area contributed by atoms with E-state index in [2.05, 4.69) is 27.0 Å². The molecule has 3 aromatic rings. The molecule has 1 saturated carbocycles. The van der Waals surface area contributed by atoms with Crippen LogP contribution in [-0.4, -0.2) is 41.5 Å². The van der Waals surface area contributed by atoms with Crippen LogP contribution >= 0.6 is 0 Å². The zero-order chi connectivity index (χ0) is 22.8. The maximum absolute atomic E-state index is 14.8. The first-order valence-corrected chi connectivity index (χ1v) is 10.3. The number of amides is 1. The number of carbonyl (C=O) groups is 1. The van der Waals surface area contributed by atoms with E-state index in [1.54, 1.807) is 12.1 Å². The van der Waals surface area contributed by atoms with Gasteiger partial charge in [0, 0.05) is 17.8 Å². The summed E-state index contributed by atoms with van der Waals surface area (Å²) in [7, 11) is 0. The van der Waals surface area contributed by atoms with E-state index in [0.717, 1.165) is 18.4 Å². The standard InChI is InChI=1S/C23H22FN5O3/c1-23(2,32)5-3-11-9-15-14(10-16(11)24)12-7-13(8-12)29-19(18(21(25)31)27-22(15)29)20(30)17-4-6-26-28-17/h4,6,9-10,12-13,20,30,32H,7-8H2,1-2H3,(H2,25,31)(H,26,28).